The quantitative estimate of drug-likeness (QED) is 0.621. The molecule has 1 unspecified atom stereocenters. The van der Waals surface area contributed by atoms with Crippen LogP contribution in [-0.4, -0.2) is 5.91 Å². The summed E-state index contributed by atoms with van der Waals surface area (Å²) in [6.07, 6.45) is -0.278. The lowest BCUT2D eigenvalue weighted by molar-refractivity contribution is 0.0975. The largest absolute Gasteiger partial charge is 0.360 e. The second kappa shape index (κ2) is 6.37. The zero-order chi connectivity index (χ0) is 17.4. The number of carbonyl (C=O) groups excluding carboxylic acids is 1. The first-order valence-corrected chi connectivity index (χ1v) is 8.94. The number of rotatable bonds is 2. The molecular formula is C21H17BrN2O. The highest BCUT2D eigenvalue weighted by atomic mass is 79.9. The van der Waals surface area contributed by atoms with Crippen molar-refractivity contribution in [1.29, 1.82) is 0 Å². The molecule has 0 radical (unpaired) electrons. The van der Waals surface area contributed by atoms with Crippen LogP contribution in [0.5, 0.6) is 0 Å². The molecule has 1 N–H and O–H groups in total. The van der Waals surface area contributed by atoms with E-state index < -0.39 is 0 Å². The van der Waals surface area contributed by atoms with E-state index in [9.17, 15) is 4.79 Å². The van der Waals surface area contributed by atoms with Gasteiger partial charge in [0.15, 0.2) is 0 Å². The summed E-state index contributed by atoms with van der Waals surface area (Å²) in [5.74, 6) is 0.000651. The molecule has 0 fully saturated rings. The Bertz CT molecular complexity index is 954. The van der Waals surface area contributed by atoms with Gasteiger partial charge in [-0.1, -0.05) is 58.4 Å². The van der Waals surface area contributed by atoms with Gasteiger partial charge in [-0.25, -0.2) is 0 Å². The van der Waals surface area contributed by atoms with Gasteiger partial charge in [-0.05, 0) is 42.8 Å². The molecule has 25 heavy (non-hydrogen) atoms. The average molecular weight is 393 g/mol. The van der Waals surface area contributed by atoms with Crippen molar-refractivity contribution < 1.29 is 4.79 Å². The van der Waals surface area contributed by atoms with E-state index in [2.05, 4.69) is 21.2 Å². The van der Waals surface area contributed by atoms with Crippen LogP contribution in [0.3, 0.4) is 0 Å². The van der Waals surface area contributed by atoms with Crippen molar-refractivity contribution in [3.05, 3.63) is 94.0 Å². The molecular weight excluding hydrogens is 376 g/mol. The normalized spacial score (nSPS) is 16.3. The molecule has 1 heterocycles. The molecule has 3 nitrogen and oxygen atoms in total. The smallest absolute Gasteiger partial charge is 0.262 e. The van der Waals surface area contributed by atoms with Gasteiger partial charge in [0.25, 0.3) is 5.91 Å². The summed E-state index contributed by atoms with van der Waals surface area (Å²) in [5.41, 5.74) is 4.57. The summed E-state index contributed by atoms with van der Waals surface area (Å²) in [6.45, 7) is 2.03. The van der Waals surface area contributed by atoms with Crippen LogP contribution < -0.4 is 10.2 Å². The Labute approximate surface area is 155 Å². The number of nitrogens with zero attached hydrogens (tertiary/aromatic N) is 1. The number of aryl methyl sites for hydroxylation is 1. The van der Waals surface area contributed by atoms with Crippen LogP contribution in [0.25, 0.3) is 0 Å². The number of fused-ring (bicyclic) bond motifs is 1. The van der Waals surface area contributed by atoms with E-state index in [1.54, 1.807) is 0 Å². The van der Waals surface area contributed by atoms with Crippen molar-refractivity contribution in [2.24, 2.45) is 0 Å². The highest BCUT2D eigenvalue weighted by Gasteiger charge is 2.34. The third kappa shape index (κ3) is 2.83. The molecule has 4 heteroatoms. The summed E-state index contributed by atoms with van der Waals surface area (Å²) in [6, 6.07) is 23.7. The molecule has 4 rings (SSSR count). The monoisotopic (exact) mass is 392 g/mol. The van der Waals surface area contributed by atoms with Crippen LogP contribution in [0.1, 0.15) is 27.7 Å². The van der Waals surface area contributed by atoms with E-state index in [0.717, 1.165) is 27.0 Å². The minimum atomic E-state index is -0.278. The maximum atomic E-state index is 13.3. The Kier molecular flexibility index (Phi) is 4.06. The number of amides is 1. The van der Waals surface area contributed by atoms with Gasteiger partial charge in [0.2, 0.25) is 0 Å². The zero-order valence-electron chi connectivity index (χ0n) is 13.7. The van der Waals surface area contributed by atoms with Crippen molar-refractivity contribution in [2.75, 3.05) is 10.2 Å². The van der Waals surface area contributed by atoms with Gasteiger partial charge in [-0.3, -0.25) is 9.69 Å². The van der Waals surface area contributed by atoms with Crippen LogP contribution in [0.4, 0.5) is 11.4 Å². The predicted molar refractivity (Wildman–Crippen MR) is 105 cm³/mol. The highest BCUT2D eigenvalue weighted by Crippen LogP contribution is 2.38. The van der Waals surface area contributed by atoms with Gasteiger partial charge in [0.1, 0.15) is 6.17 Å². The SMILES string of the molecule is Cc1cccc(N2C(=O)c3ccccc3NC2c2ccccc2Br)c1. The lowest BCUT2D eigenvalue weighted by Crippen LogP contribution is -2.43. The van der Waals surface area contributed by atoms with Crippen LogP contribution in [0, 0.1) is 6.92 Å². The second-order valence-electron chi connectivity index (χ2n) is 6.13. The Morgan fingerprint density at radius 2 is 1.72 bits per heavy atom. The lowest BCUT2D eigenvalue weighted by atomic mass is 10.0. The Balaban J connectivity index is 1.90. The highest BCUT2D eigenvalue weighted by molar-refractivity contribution is 9.10. The fourth-order valence-electron chi connectivity index (χ4n) is 3.21. The third-order valence-corrected chi connectivity index (χ3v) is 5.13. The summed E-state index contributed by atoms with van der Waals surface area (Å²) in [4.78, 5) is 15.1. The summed E-state index contributed by atoms with van der Waals surface area (Å²) in [7, 11) is 0. The molecule has 1 amide bonds. The summed E-state index contributed by atoms with van der Waals surface area (Å²) < 4.78 is 0.970. The first kappa shape index (κ1) is 15.9. The number of hydrogen-bond acceptors (Lipinski definition) is 2. The fraction of sp³-hybridized carbons (Fsp3) is 0.0952. The van der Waals surface area contributed by atoms with Crippen LogP contribution in [0.15, 0.2) is 77.3 Å². The van der Waals surface area contributed by atoms with Crippen LogP contribution in [-0.2, 0) is 0 Å². The minimum Gasteiger partial charge on any atom is -0.360 e. The molecule has 0 saturated carbocycles. The van der Waals surface area contributed by atoms with Gasteiger partial charge in [0, 0.05) is 21.4 Å². The molecule has 0 bridgehead atoms. The number of carbonyl (C=O) groups is 1. The Morgan fingerprint density at radius 3 is 2.52 bits per heavy atom. The zero-order valence-corrected chi connectivity index (χ0v) is 15.3. The van der Waals surface area contributed by atoms with E-state index in [4.69, 9.17) is 0 Å². The van der Waals surface area contributed by atoms with E-state index >= 15 is 0 Å². The minimum absolute atomic E-state index is 0.000651. The first-order valence-electron chi connectivity index (χ1n) is 8.15. The number of benzene rings is 3. The average Bonchev–Trinajstić information content (AvgIpc) is 2.62. The molecule has 1 atom stereocenters. The van der Waals surface area contributed by atoms with E-state index in [-0.39, 0.29) is 12.1 Å². The van der Waals surface area contributed by atoms with Crippen molar-refractivity contribution in [2.45, 2.75) is 13.1 Å². The number of hydrogen-bond donors (Lipinski definition) is 1. The standard InChI is InChI=1S/C21H17BrN2O/c1-14-7-6-8-15(13-14)24-20(16-9-2-4-11-18(16)22)23-19-12-5-3-10-17(19)21(24)25/h2-13,20,23H,1H3. The van der Waals surface area contributed by atoms with E-state index in [1.807, 2.05) is 84.6 Å². The van der Waals surface area contributed by atoms with Gasteiger partial charge in [-0.2, -0.15) is 0 Å². The summed E-state index contributed by atoms with van der Waals surface area (Å²) in [5, 5.41) is 3.53. The molecule has 0 aliphatic carbocycles. The fourth-order valence-corrected chi connectivity index (χ4v) is 3.71. The van der Waals surface area contributed by atoms with Gasteiger partial charge >= 0.3 is 0 Å². The lowest BCUT2D eigenvalue weighted by Gasteiger charge is -2.38. The maximum absolute atomic E-state index is 13.3. The molecule has 3 aromatic rings. The Hall–Kier alpha value is -2.59. The van der Waals surface area contributed by atoms with Crippen molar-refractivity contribution >= 4 is 33.2 Å². The van der Waals surface area contributed by atoms with Gasteiger partial charge < -0.3 is 5.32 Å². The topological polar surface area (TPSA) is 32.3 Å². The van der Waals surface area contributed by atoms with E-state index in [1.165, 1.54) is 0 Å². The number of halogens is 1. The predicted octanol–water partition coefficient (Wildman–Crippen LogP) is 5.53. The molecule has 0 spiro atoms. The Morgan fingerprint density at radius 1 is 0.960 bits per heavy atom. The molecule has 1 aliphatic rings. The molecule has 1 aliphatic heterocycles. The van der Waals surface area contributed by atoms with Crippen molar-refractivity contribution in [3.63, 3.8) is 0 Å². The van der Waals surface area contributed by atoms with Gasteiger partial charge in [-0.15, -0.1) is 0 Å². The molecule has 0 aromatic heterocycles. The van der Waals surface area contributed by atoms with Gasteiger partial charge in [0.05, 0.1) is 5.56 Å². The number of anilines is 2. The molecule has 3 aromatic carbocycles. The van der Waals surface area contributed by atoms with Crippen LogP contribution in [0.2, 0.25) is 0 Å². The number of nitrogens with one attached hydrogen (secondary N) is 1. The van der Waals surface area contributed by atoms with Crippen molar-refractivity contribution in [3.8, 4) is 0 Å². The van der Waals surface area contributed by atoms with Crippen molar-refractivity contribution in [1.82, 2.24) is 0 Å². The molecule has 124 valence electrons. The summed E-state index contributed by atoms with van der Waals surface area (Å²) >= 11 is 3.63. The third-order valence-electron chi connectivity index (χ3n) is 4.41. The van der Waals surface area contributed by atoms with Crippen LogP contribution >= 0.6 is 15.9 Å². The van der Waals surface area contributed by atoms with E-state index in [0.29, 0.717) is 5.56 Å². The second-order valence-corrected chi connectivity index (χ2v) is 6.98. The first-order chi connectivity index (χ1) is 12.1. The number of para-hydroxylation sites is 1. The maximum Gasteiger partial charge on any atom is 0.262 e. The molecule has 0 saturated heterocycles.